The van der Waals surface area contributed by atoms with Crippen LogP contribution >= 0.6 is 23.4 Å². The van der Waals surface area contributed by atoms with Crippen LogP contribution in [0, 0.1) is 0 Å². The molecule has 0 saturated heterocycles. The van der Waals surface area contributed by atoms with Crippen molar-refractivity contribution in [1.82, 2.24) is 54.2 Å². The van der Waals surface area contributed by atoms with E-state index in [9.17, 15) is 9.59 Å². The van der Waals surface area contributed by atoms with Crippen molar-refractivity contribution in [3.63, 3.8) is 0 Å². The first-order valence-corrected chi connectivity index (χ1v) is 20.9. The molecule has 1 aromatic carbocycles. The van der Waals surface area contributed by atoms with E-state index in [0.29, 0.717) is 44.5 Å². The summed E-state index contributed by atoms with van der Waals surface area (Å²) in [5.74, 6) is 1.06. The standard InChI is InChI=1S/C42H43ClN14O2S/c1-53(2)39(58)30-17-25-19-48-41(51-36(25)50-30)57(42-49-20-26-18-31(40(59)54(3)4)56(37(26)52-42)27-10-6-7-11-27)38-35(43)32(13-15-45-38)60-34-22-46-33(21-47-34)55-16-14-29(44)28-12-8-5-9-24(28)23-55/h5,8-9,12-13,15,17-22,27,29H,6-7,10-11,14,16,23,44H2,1-4H3,(H,48,50,51)/t29-/m0/s1. The highest BCUT2D eigenvalue weighted by Gasteiger charge is 2.30. The predicted octanol–water partition coefficient (Wildman–Crippen LogP) is 7.09. The topological polar surface area (TPSA) is 184 Å². The number of hydrogen-bond donors (Lipinski definition) is 2. The molecule has 1 fully saturated rings. The van der Waals surface area contributed by atoms with Gasteiger partial charge in [-0.05, 0) is 48.6 Å². The van der Waals surface area contributed by atoms with Crippen molar-refractivity contribution in [1.29, 1.82) is 0 Å². The number of nitrogens with zero attached hydrogens (tertiary/aromatic N) is 12. The molecule has 0 unspecified atom stereocenters. The first kappa shape index (κ1) is 39.3. The molecule has 18 heteroatoms. The Morgan fingerprint density at radius 1 is 0.850 bits per heavy atom. The third-order valence-corrected chi connectivity index (χ3v) is 12.5. The average molecular weight is 843 g/mol. The van der Waals surface area contributed by atoms with Crippen LogP contribution in [0.4, 0.5) is 23.5 Å². The number of aromatic amines is 1. The molecule has 2 aliphatic rings. The van der Waals surface area contributed by atoms with Crippen molar-refractivity contribution >= 4 is 80.8 Å². The summed E-state index contributed by atoms with van der Waals surface area (Å²) in [6, 6.07) is 13.7. The molecule has 2 amide bonds. The van der Waals surface area contributed by atoms with Crippen LogP contribution in [-0.4, -0.2) is 101 Å². The maximum absolute atomic E-state index is 13.5. The van der Waals surface area contributed by atoms with Gasteiger partial charge in [0.1, 0.15) is 33.5 Å². The summed E-state index contributed by atoms with van der Waals surface area (Å²) in [6.45, 7) is 1.44. The molecule has 7 heterocycles. The molecule has 1 aliphatic heterocycles. The number of amides is 2. The molecule has 1 atom stereocenters. The smallest absolute Gasteiger partial charge is 0.270 e. The number of anilines is 4. The molecule has 0 bridgehead atoms. The zero-order valence-electron chi connectivity index (χ0n) is 33.6. The number of carbonyl (C=O) groups excluding carboxylic acids is 2. The molecule has 6 aromatic heterocycles. The lowest BCUT2D eigenvalue weighted by atomic mass is 10.0. The number of rotatable bonds is 9. The Balaban J connectivity index is 1.11. The zero-order valence-corrected chi connectivity index (χ0v) is 35.2. The Hall–Kier alpha value is -6.17. The van der Waals surface area contributed by atoms with Gasteiger partial charge in [-0.15, -0.1) is 0 Å². The Morgan fingerprint density at radius 2 is 1.60 bits per heavy atom. The second-order valence-electron chi connectivity index (χ2n) is 15.5. The predicted molar refractivity (Wildman–Crippen MR) is 231 cm³/mol. The number of nitrogens with two attached hydrogens (primary N) is 1. The third kappa shape index (κ3) is 7.37. The molecule has 306 valence electrons. The Kier molecular flexibility index (Phi) is 10.6. The quantitative estimate of drug-likeness (QED) is 0.150. The molecule has 0 radical (unpaired) electrons. The lowest BCUT2D eigenvalue weighted by Crippen LogP contribution is -2.25. The van der Waals surface area contributed by atoms with E-state index in [2.05, 4.69) is 22.0 Å². The fraction of sp³-hybridized carbons (Fsp3) is 0.310. The number of H-pyrrole nitrogens is 1. The summed E-state index contributed by atoms with van der Waals surface area (Å²) >= 11 is 8.64. The highest BCUT2D eigenvalue weighted by Crippen LogP contribution is 2.42. The van der Waals surface area contributed by atoms with Crippen molar-refractivity contribution in [2.24, 2.45) is 5.73 Å². The number of hydrogen-bond acceptors (Lipinski definition) is 13. The molecule has 3 N–H and O–H groups in total. The largest absolute Gasteiger partial charge is 0.351 e. The lowest BCUT2D eigenvalue weighted by Gasteiger charge is -2.23. The summed E-state index contributed by atoms with van der Waals surface area (Å²) in [6.07, 6.45) is 13.3. The molecule has 1 saturated carbocycles. The summed E-state index contributed by atoms with van der Waals surface area (Å²) < 4.78 is 2.05. The van der Waals surface area contributed by atoms with Gasteiger partial charge in [-0.2, -0.15) is 9.97 Å². The van der Waals surface area contributed by atoms with Crippen LogP contribution in [0.25, 0.3) is 22.1 Å². The van der Waals surface area contributed by atoms with Crippen molar-refractivity contribution < 1.29 is 9.59 Å². The van der Waals surface area contributed by atoms with Gasteiger partial charge < -0.3 is 30.0 Å². The normalized spacial score (nSPS) is 15.6. The minimum Gasteiger partial charge on any atom is -0.351 e. The van der Waals surface area contributed by atoms with E-state index in [4.69, 9.17) is 52.2 Å². The summed E-state index contributed by atoms with van der Waals surface area (Å²) in [4.78, 5) is 70.9. The van der Waals surface area contributed by atoms with Gasteiger partial charge in [-0.25, -0.2) is 29.8 Å². The lowest BCUT2D eigenvalue weighted by molar-refractivity contribution is 0.0811. The zero-order chi connectivity index (χ0) is 41.7. The molecule has 0 spiro atoms. The summed E-state index contributed by atoms with van der Waals surface area (Å²) in [7, 11) is 6.85. The van der Waals surface area contributed by atoms with E-state index in [0.717, 1.165) is 55.4 Å². The summed E-state index contributed by atoms with van der Waals surface area (Å²) in [5, 5.41) is 2.27. The molecule has 1 aliphatic carbocycles. The van der Waals surface area contributed by atoms with Crippen LogP contribution < -0.4 is 15.5 Å². The van der Waals surface area contributed by atoms with Crippen LogP contribution in [0.2, 0.25) is 5.02 Å². The first-order valence-electron chi connectivity index (χ1n) is 19.7. The van der Waals surface area contributed by atoms with Gasteiger partial charge in [-0.1, -0.05) is 60.5 Å². The van der Waals surface area contributed by atoms with Crippen LogP contribution in [0.1, 0.15) is 76.3 Å². The summed E-state index contributed by atoms with van der Waals surface area (Å²) in [5.41, 5.74) is 10.8. The van der Waals surface area contributed by atoms with Crippen LogP contribution in [0.5, 0.6) is 0 Å². The maximum atomic E-state index is 13.5. The number of halogens is 1. The van der Waals surface area contributed by atoms with E-state index >= 15 is 0 Å². The highest BCUT2D eigenvalue weighted by atomic mass is 35.5. The fourth-order valence-corrected chi connectivity index (χ4v) is 9.00. The van der Waals surface area contributed by atoms with Crippen LogP contribution in [-0.2, 0) is 6.54 Å². The second-order valence-corrected chi connectivity index (χ2v) is 16.9. The number of fused-ring (bicyclic) bond motifs is 3. The minimum atomic E-state index is -0.206. The third-order valence-electron chi connectivity index (χ3n) is 11.0. The fourth-order valence-electron chi connectivity index (χ4n) is 7.94. The second kappa shape index (κ2) is 16.1. The Labute approximate surface area is 355 Å². The molecule has 9 rings (SSSR count). The Bertz CT molecular complexity index is 2750. The van der Waals surface area contributed by atoms with Crippen molar-refractivity contribution in [2.45, 2.75) is 60.7 Å². The van der Waals surface area contributed by atoms with Crippen molar-refractivity contribution in [3.8, 4) is 0 Å². The van der Waals surface area contributed by atoms with Gasteiger partial charge in [0.25, 0.3) is 11.8 Å². The monoisotopic (exact) mass is 842 g/mol. The van der Waals surface area contributed by atoms with Crippen LogP contribution in [0.3, 0.4) is 0 Å². The first-order chi connectivity index (χ1) is 29.0. The molecule has 7 aromatic rings. The number of carbonyl (C=O) groups is 2. The number of benzene rings is 1. The number of aromatic nitrogens is 9. The van der Waals surface area contributed by atoms with E-state index < -0.39 is 0 Å². The molecular formula is C42H43ClN14O2S. The van der Waals surface area contributed by atoms with Crippen molar-refractivity contribution in [3.05, 3.63) is 101 Å². The van der Waals surface area contributed by atoms with Gasteiger partial charge >= 0.3 is 0 Å². The van der Waals surface area contributed by atoms with Crippen LogP contribution in [0.15, 0.2) is 83.4 Å². The van der Waals surface area contributed by atoms with Crippen molar-refractivity contribution in [2.75, 3.05) is 44.5 Å². The minimum absolute atomic E-state index is 0.0358. The average Bonchev–Trinajstić information content (AvgIpc) is 4.00. The van der Waals surface area contributed by atoms with Gasteiger partial charge in [0, 0.05) is 87.6 Å². The molecular weight excluding hydrogens is 800 g/mol. The van der Waals surface area contributed by atoms with Gasteiger partial charge in [-0.3, -0.25) is 9.59 Å². The van der Waals surface area contributed by atoms with Gasteiger partial charge in [0.15, 0.2) is 5.82 Å². The SMILES string of the molecule is CN(C)C(=O)c1cc2cnc(N(c3ncc4cc(C(=O)N(C)C)n(C5CCCC5)c4n3)c3nccc(Sc4cnc(N5CC[C@H](N)c6ccccc6C5)cn4)c3Cl)nc2[nH]1. The Morgan fingerprint density at radius 3 is 2.35 bits per heavy atom. The molecule has 16 nitrogen and oxygen atoms in total. The van der Waals surface area contributed by atoms with E-state index in [1.807, 2.05) is 22.8 Å². The number of nitrogens with one attached hydrogen (secondary N) is 1. The van der Waals surface area contributed by atoms with E-state index in [-0.39, 0.29) is 46.6 Å². The number of pyridine rings is 1. The van der Waals surface area contributed by atoms with Gasteiger partial charge in [0.05, 0.1) is 17.4 Å². The molecule has 60 heavy (non-hydrogen) atoms. The van der Waals surface area contributed by atoms with Gasteiger partial charge in [0.2, 0.25) is 11.9 Å². The maximum Gasteiger partial charge on any atom is 0.270 e. The van der Waals surface area contributed by atoms with E-state index in [1.165, 1.54) is 22.2 Å². The highest BCUT2D eigenvalue weighted by molar-refractivity contribution is 7.99. The van der Waals surface area contributed by atoms with E-state index in [1.54, 1.807) is 81.1 Å².